The zero-order valence-electron chi connectivity index (χ0n) is 14.9. The first-order valence-electron chi connectivity index (χ1n) is 8.46. The maximum Gasteiger partial charge on any atom is 0.227 e. The molecule has 0 spiro atoms. The highest BCUT2D eigenvalue weighted by Gasteiger charge is 2.27. The number of nitrogens with zero attached hydrogens (tertiary/aromatic N) is 3. The van der Waals surface area contributed by atoms with Crippen molar-refractivity contribution in [2.75, 3.05) is 60.5 Å². The van der Waals surface area contributed by atoms with E-state index in [9.17, 15) is 9.18 Å². The Morgan fingerprint density at radius 1 is 1.29 bits per heavy atom. The van der Waals surface area contributed by atoms with Gasteiger partial charge in [0.05, 0.1) is 12.5 Å². The molecule has 6 heteroatoms. The fraction of sp³-hybridized carbons (Fsp3) is 0.611. The van der Waals surface area contributed by atoms with Gasteiger partial charge in [0.15, 0.2) is 11.6 Å². The van der Waals surface area contributed by atoms with Gasteiger partial charge in [-0.15, -0.1) is 0 Å². The molecule has 0 aliphatic carbocycles. The molecule has 1 atom stereocenters. The quantitative estimate of drug-likeness (QED) is 0.738. The zero-order chi connectivity index (χ0) is 17.5. The molecule has 0 aromatic heterocycles. The van der Waals surface area contributed by atoms with E-state index in [-0.39, 0.29) is 17.6 Å². The lowest BCUT2D eigenvalue weighted by atomic mass is 10.1. The zero-order valence-corrected chi connectivity index (χ0v) is 14.9. The maximum absolute atomic E-state index is 13.5. The van der Waals surface area contributed by atoms with Crippen molar-refractivity contribution in [3.05, 3.63) is 30.1 Å². The van der Waals surface area contributed by atoms with Crippen LogP contribution in [0.1, 0.15) is 6.42 Å². The minimum absolute atomic E-state index is 0.0000128. The molecule has 5 nitrogen and oxygen atoms in total. The summed E-state index contributed by atoms with van der Waals surface area (Å²) < 4.78 is 19.0. The van der Waals surface area contributed by atoms with Gasteiger partial charge in [0.1, 0.15) is 0 Å². The summed E-state index contributed by atoms with van der Waals surface area (Å²) in [4.78, 5) is 18.5. The highest BCUT2D eigenvalue weighted by molar-refractivity contribution is 5.78. The molecule has 1 fully saturated rings. The lowest BCUT2D eigenvalue weighted by molar-refractivity contribution is -0.133. The summed E-state index contributed by atoms with van der Waals surface area (Å²) in [5.41, 5.74) is 0. The summed E-state index contributed by atoms with van der Waals surface area (Å²) in [5.74, 6) is 0.149. The molecule has 1 aliphatic rings. The Morgan fingerprint density at radius 2 is 2.04 bits per heavy atom. The Bertz CT molecular complexity index is 539. The van der Waals surface area contributed by atoms with Crippen molar-refractivity contribution in [2.45, 2.75) is 6.42 Å². The molecule has 1 heterocycles. The molecule has 2 rings (SSSR count). The van der Waals surface area contributed by atoms with Crippen molar-refractivity contribution in [3.63, 3.8) is 0 Å². The van der Waals surface area contributed by atoms with E-state index >= 15 is 0 Å². The van der Waals surface area contributed by atoms with E-state index in [1.165, 1.54) is 6.07 Å². The fourth-order valence-corrected chi connectivity index (χ4v) is 3.00. The minimum atomic E-state index is -0.328. The normalized spacial score (nSPS) is 19.8. The first-order valence-corrected chi connectivity index (χ1v) is 8.46. The number of carbonyl (C=O) groups excluding carboxylic acids is 1. The highest BCUT2D eigenvalue weighted by atomic mass is 19.1. The van der Waals surface area contributed by atoms with E-state index < -0.39 is 0 Å². The minimum Gasteiger partial charge on any atom is -0.490 e. The number of halogens is 1. The van der Waals surface area contributed by atoms with E-state index in [4.69, 9.17) is 4.74 Å². The Morgan fingerprint density at radius 3 is 2.75 bits per heavy atom. The number of benzene rings is 1. The number of para-hydroxylation sites is 1. The highest BCUT2D eigenvalue weighted by Crippen LogP contribution is 2.16. The van der Waals surface area contributed by atoms with Crippen molar-refractivity contribution in [2.24, 2.45) is 5.92 Å². The van der Waals surface area contributed by atoms with Crippen LogP contribution < -0.4 is 4.74 Å². The number of hydrogen-bond donors (Lipinski definition) is 0. The van der Waals surface area contributed by atoms with Crippen LogP contribution in [0.15, 0.2) is 24.3 Å². The predicted octanol–water partition coefficient (Wildman–Crippen LogP) is 1.55. The van der Waals surface area contributed by atoms with Gasteiger partial charge in [0, 0.05) is 46.8 Å². The lowest BCUT2D eigenvalue weighted by Gasteiger charge is -2.25. The fourth-order valence-electron chi connectivity index (χ4n) is 3.00. The third kappa shape index (κ3) is 5.46. The van der Waals surface area contributed by atoms with Gasteiger partial charge in [-0.25, -0.2) is 4.39 Å². The second-order valence-electron chi connectivity index (χ2n) is 6.62. The molecule has 1 saturated heterocycles. The van der Waals surface area contributed by atoms with E-state index in [1.54, 1.807) is 37.2 Å². The smallest absolute Gasteiger partial charge is 0.227 e. The van der Waals surface area contributed by atoms with Crippen molar-refractivity contribution < 1.29 is 13.9 Å². The van der Waals surface area contributed by atoms with Crippen LogP contribution in [0.2, 0.25) is 0 Å². The van der Waals surface area contributed by atoms with Crippen molar-refractivity contribution in [3.8, 4) is 5.75 Å². The number of hydrogen-bond acceptors (Lipinski definition) is 4. The van der Waals surface area contributed by atoms with Crippen molar-refractivity contribution in [1.29, 1.82) is 0 Å². The number of rotatable bonds is 6. The third-order valence-electron chi connectivity index (χ3n) is 4.31. The molecule has 24 heavy (non-hydrogen) atoms. The Balaban J connectivity index is 1.80. The topological polar surface area (TPSA) is 36.0 Å². The van der Waals surface area contributed by atoms with Crippen molar-refractivity contribution >= 4 is 5.91 Å². The van der Waals surface area contributed by atoms with E-state index in [0.29, 0.717) is 12.4 Å². The van der Waals surface area contributed by atoms with Gasteiger partial charge in [-0.3, -0.25) is 4.79 Å². The van der Waals surface area contributed by atoms with Crippen LogP contribution in [0.4, 0.5) is 4.39 Å². The molecular formula is C18H28FN3O2. The van der Waals surface area contributed by atoms with Crippen LogP contribution in [0, 0.1) is 11.7 Å². The molecule has 0 saturated carbocycles. The van der Waals surface area contributed by atoms with Gasteiger partial charge in [-0.1, -0.05) is 12.1 Å². The lowest BCUT2D eigenvalue weighted by Crippen LogP contribution is -2.40. The summed E-state index contributed by atoms with van der Waals surface area (Å²) in [7, 11) is 5.67. The molecule has 0 radical (unpaired) electrons. The summed E-state index contributed by atoms with van der Waals surface area (Å²) in [5, 5.41) is 0. The van der Waals surface area contributed by atoms with Gasteiger partial charge in [0.2, 0.25) is 5.91 Å². The van der Waals surface area contributed by atoms with E-state index in [1.807, 2.05) is 0 Å². The van der Waals surface area contributed by atoms with E-state index in [0.717, 1.165) is 39.1 Å². The van der Waals surface area contributed by atoms with Gasteiger partial charge in [-0.05, 0) is 25.6 Å². The van der Waals surface area contributed by atoms with Gasteiger partial charge in [-0.2, -0.15) is 0 Å². The van der Waals surface area contributed by atoms with Gasteiger partial charge in [0.25, 0.3) is 0 Å². The van der Waals surface area contributed by atoms with Crippen molar-refractivity contribution in [1.82, 2.24) is 14.7 Å². The SMILES string of the molecule is CN1CCN(CCCOc2ccccc2F)CC(C(=O)N(C)C)C1. The van der Waals surface area contributed by atoms with Crippen LogP contribution >= 0.6 is 0 Å². The molecule has 134 valence electrons. The van der Waals surface area contributed by atoms with Crippen LogP contribution in [-0.2, 0) is 4.79 Å². The molecule has 1 unspecified atom stereocenters. The maximum atomic E-state index is 13.5. The summed E-state index contributed by atoms with van der Waals surface area (Å²) >= 11 is 0. The first-order chi connectivity index (χ1) is 11.5. The second-order valence-corrected chi connectivity index (χ2v) is 6.62. The van der Waals surface area contributed by atoms with Crippen LogP contribution in [0.3, 0.4) is 0 Å². The molecule has 0 N–H and O–H groups in total. The molecule has 1 aromatic carbocycles. The second kappa shape index (κ2) is 8.99. The monoisotopic (exact) mass is 337 g/mol. The molecule has 1 aromatic rings. The van der Waals surface area contributed by atoms with Crippen LogP contribution in [0.25, 0.3) is 0 Å². The Labute approximate surface area is 144 Å². The Hall–Kier alpha value is -1.66. The number of ether oxygens (including phenoxy) is 1. The Kier molecular flexibility index (Phi) is 6.99. The standard InChI is InChI=1S/C18H28FN3O2/c1-20(2)18(23)15-13-21(3)10-11-22(14-15)9-6-12-24-17-8-5-4-7-16(17)19/h4-5,7-8,15H,6,9-14H2,1-3H3. The molecule has 1 aliphatic heterocycles. The predicted molar refractivity (Wildman–Crippen MR) is 92.6 cm³/mol. The summed E-state index contributed by atoms with van der Waals surface area (Å²) in [6.07, 6.45) is 0.806. The third-order valence-corrected chi connectivity index (χ3v) is 4.31. The molecular weight excluding hydrogens is 309 g/mol. The largest absolute Gasteiger partial charge is 0.490 e. The van der Waals surface area contributed by atoms with Gasteiger partial charge >= 0.3 is 0 Å². The number of likely N-dealkylation sites (N-methyl/N-ethyl adjacent to an activating group) is 1. The number of amides is 1. The average Bonchev–Trinajstić information content (AvgIpc) is 2.74. The van der Waals surface area contributed by atoms with Crippen LogP contribution in [0.5, 0.6) is 5.75 Å². The van der Waals surface area contributed by atoms with Crippen LogP contribution in [-0.4, -0.2) is 81.1 Å². The van der Waals surface area contributed by atoms with E-state index in [2.05, 4.69) is 16.8 Å². The first kappa shape index (κ1) is 18.7. The average molecular weight is 337 g/mol. The number of carbonyl (C=O) groups is 1. The van der Waals surface area contributed by atoms with Gasteiger partial charge < -0.3 is 19.4 Å². The molecule has 1 amide bonds. The summed E-state index contributed by atoms with van der Waals surface area (Å²) in [6, 6.07) is 6.46. The summed E-state index contributed by atoms with van der Waals surface area (Å²) in [6.45, 7) is 4.76. The molecule has 0 bridgehead atoms.